The molecule has 0 bridgehead atoms. The summed E-state index contributed by atoms with van der Waals surface area (Å²) in [6.45, 7) is 4.71. The Bertz CT molecular complexity index is 1610. The van der Waals surface area contributed by atoms with E-state index in [1.807, 2.05) is 6.92 Å². The van der Waals surface area contributed by atoms with E-state index in [9.17, 15) is 39.5 Å². The fraction of sp³-hybridized carbons (Fsp3) is 0.611. The van der Waals surface area contributed by atoms with Crippen molar-refractivity contribution in [2.75, 3.05) is 19.8 Å². The number of ketones is 2. The first-order valence-corrected chi connectivity index (χ1v) is 17.5. The number of esters is 1. The topological polar surface area (TPSA) is 215 Å². The van der Waals surface area contributed by atoms with Gasteiger partial charge < -0.3 is 35.0 Å². The van der Waals surface area contributed by atoms with E-state index in [1.165, 1.54) is 18.2 Å². The zero-order valence-corrected chi connectivity index (χ0v) is 29.6. The number of benzene rings is 1. The molecule has 0 saturated heterocycles. The normalized spacial score (nSPS) is 34.3. The van der Waals surface area contributed by atoms with Crippen molar-refractivity contribution >= 4 is 35.3 Å². The number of nitrogens with two attached hydrogens (primary N) is 1. The number of nitrogens with zero attached hydrogens (tertiary/aromatic N) is 1. The lowest BCUT2D eigenvalue weighted by molar-refractivity contribution is -0.757. The van der Waals surface area contributed by atoms with Gasteiger partial charge in [-0.1, -0.05) is 44.6 Å². The molecule has 51 heavy (non-hydrogen) atoms. The number of carbonyl (C=O) groups is 4. The van der Waals surface area contributed by atoms with Gasteiger partial charge in [0.2, 0.25) is 5.78 Å². The van der Waals surface area contributed by atoms with Crippen LogP contribution in [0.4, 0.5) is 4.79 Å². The number of aliphatic hydroxyl groups excluding tert-OH is 1. The van der Waals surface area contributed by atoms with E-state index in [1.54, 1.807) is 38.1 Å². The molecule has 1 aromatic rings. The van der Waals surface area contributed by atoms with Crippen LogP contribution < -0.4 is 10.5 Å². The molecule has 278 valence electrons. The Kier molecular flexibility index (Phi) is 11.0. The van der Waals surface area contributed by atoms with Gasteiger partial charge in [0.05, 0.1) is 24.2 Å². The summed E-state index contributed by atoms with van der Waals surface area (Å²) in [6.07, 6.45) is 5.16. The number of hydrogen-bond acceptors (Lipinski definition) is 13. The summed E-state index contributed by atoms with van der Waals surface area (Å²) in [7, 11) is 0. The predicted molar refractivity (Wildman–Crippen MR) is 181 cm³/mol. The highest BCUT2D eigenvalue weighted by molar-refractivity contribution is 6.26. The molecular formula is C36H45ClN2O12. The van der Waals surface area contributed by atoms with Crippen molar-refractivity contribution in [3.63, 3.8) is 0 Å². The highest BCUT2D eigenvalue weighted by Gasteiger charge is 2.74. The molecule has 0 aliphatic heterocycles. The third-order valence-corrected chi connectivity index (χ3v) is 12.8. The van der Waals surface area contributed by atoms with Gasteiger partial charge in [-0.3, -0.25) is 14.4 Å². The van der Waals surface area contributed by atoms with Crippen LogP contribution in [0.5, 0.6) is 5.75 Å². The van der Waals surface area contributed by atoms with Crippen molar-refractivity contribution in [3.05, 3.63) is 63.7 Å². The average molecular weight is 733 g/mol. The number of fused-ring (bicyclic) bond motifs is 5. The number of unbranched alkanes of at least 4 members (excludes halogenated alkanes) is 1. The SMILES string of the molecule is C[C@H]1C[C@H]2[C@@H]3CCC4=CC(=O)C=C[C@]4(C)[C@@]3(Cl)[C@@H](O)C[C@]2(C)C1(O)C(=O)COC(=O)Oc1ccc(CC(N)C(=O)OCCCCO[N+](=O)[O-])cc1. The molecule has 5 rings (SSSR count). The fourth-order valence-corrected chi connectivity index (χ4v) is 9.68. The molecule has 9 atom stereocenters. The highest BCUT2D eigenvalue weighted by Crippen LogP contribution is 2.71. The van der Waals surface area contributed by atoms with Crippen molar-refractivity contribution < 1.29 is 53.5 Å². The first-order valence-electron chi connectivity index (χ1n) is 17.2. The number of allylic oxidation sites excluding steroid dienone is 4. The van der Waals surface area contributed by atoms with Gasteiger partial charge in [-0.15, -0.1) is 21.7 Å². The second kappa shape index (κ2) is 14.6. The lowest BCUT2D eigenvalue weighted by atomic mass is 9.45. The zero-order chi connectivity index (χ0) is 37.4. The van der Waals surface area contributed by atoms with Crippen LogP contribution in [-0.4, -0.2) is 81.4 Å². The molecule has 4 aliphatic carbocycles. The van der Waals surface area contributed by atoms with Crippen molar-refractivity contribution in [3.8, 4) is 5.75 Å². The molecule has 4 N–H and O–H groups in total. The molecule has 2 unspecified atom stereocenters. The lowest BCUT2D eigenvalue weighted by Crippen LogP contribution is -2.69. The fourth-order valence-electron chi connectivity index (χ4n) is 9.15. The Morgan fingerprint density at radius 3 is 2.49 bits per heavy atom. The summed E-state index contributed by atoms with van der Waals surface area (Å²) in [5.74, 6) is -2.35. The van der Waals surface area contributed by atoms with Gasteiger partial charge in [-0.05, 0) is 92.5 Å². The Balaban J connectivity index is 1.15. The third-order valence-electron chi connectivity index (χ3n) is 11.8. The molecule has 3 fully saturated rings. The molecule has 15 heteroatoms. The zero-order valence-electron chi connectivity index (χ0n) is 28.9. The maximum absolute atomic E-state index is 13.8. The lowest BCUT2D eigenvalue weighted by Gasteiger charge is -2.63. The van der Waals surface area contributed by atoms with E-state index in [0.29, 0.717) is 37.7 Å². The molecular weight excluding hydrogens is 688 g/mol. The maximum Gasteiger partial charge on any atom is 0.514 e. The number of rotatable bonds is 13. The standard InChI is InChI=1S/C36H45ClN2O12/c1-21-16-27-26-11-8-23-18-24(40)12-13-33(23,2)35(26,37)29(41)19-34(27,3)36(21,45)30(42)20-49-32(44)51-25-9-6-22(7-10-25)17-28(38)31(43)48-14-4-5-15-50-39(46)47/h6-7,9-10,12-13,18,21,26-29,41,45H,4-5,8,11,14-17,19-20,38H2,1-3H3/t21-,26-,27-,28?,29-,33-,34-,35-,36?/m0/s1. The van der Waals surface area contributed by atoms with Gasteiger partial charge in [-0.25, -0.2) is 4.79 Å². The second-order valence-corrected chi connectivity index (χ2v) is 15.2. The second-order valence-electron chi connectivity index (χ2n) is 14.6. The van der Waals surface area contributed by atoms with Gasteiger partial charge >= 0.3 is 12.1 Å². The molecule has 0 aromatic heterocycles. The third kappa shape index (κ3) is 6.90. The number of carbonyl (C=O) groups excluding carboxylic acids is 4. The first-order chi connectivity index (χ1) is 24.0. The highest BCUT2D eigenvalue weighted by atomic mass is 35.5. The van der Waals surface area contributed by atoms with Crippen molar-refractivity contribution in [1.82, 2.24) is 0 Å². The molecule has 3 saturated carbocycles. The molecule has 4 aliphatic rings. The number of halogens is 1. The van der Waals surface area contributed by atoms with E-state index >= 15 is 0 Å². The summed E-state index contributed by atoms with van der Waals surface area (Å²) in [5, 5.41) is 33.2. The minimum Gasteiger partial charge on any atom is -0.465 e. The van der Waals surface area contributed by atoms with Gasteiger partial charge in [0.25, 0.3) is 5.09 Å². The van der Waals surface area contributed by atoms with E-state index in [4.69, 9.17) is 31.5 Å². The Morgan fingerprint density at radius 2 is 1.80 bits per heavy atom. The van der Waals surface area contributed by atoms with E-state index < -0.39 is 69.0 Å². The van der Waals surface area contributed by atoms with E-state index in [-0.39, 0.29) is 49.4 Å². The number of Topliss-reactive ketones (excluding diaryl/α,β-unsaturated/α-hetero) is 1. The van der Waals surface area contributed by atoms with Gasteiger partial charge in [0, 0.05) is 10.8 Å². The number of alkyl halides is 1. The van der Waals surface area contributed by atoms with Crippen molar-refractivity contribution in [2.45, 2.75) is 88.3 Å². The number of aliphatic hydroxyl groups is 2. The van der Waals surface area contributed by atoms with E-state index in [0.717, 1.165) is 5.57 Å². The number of hydrogen-bond donors (Lipinski definition) is 3. The first kappa shape index (κ1) is 38.4. The summed E-state index contributed by atoms with van der Waals surface area (Å²) in [4.78, 5) is 63.9. The number of ether oxygens (including phenoxy) is 3. The predicted octanol–water partition coefficient (Wildman–Crippen LogP) is 3.79. The van der Waals surface area contributed by atoms with Crippen LogP contribution in [-0.2, 0) is 35.1 Å². The van der Waals surface area contributed by atoms with Crippen LogP contribution >= 0.6 is 11.6 Å². The molecule has 0 amide bonds. The van der Waals surface area contributed by atoms with Crippen LogP contribution in [0.1, 0.15) is 64.9 Å². The summed E-state index contributed by atoms with van der Waals surface area (Å²) in [5.41, 5.74) is 3.71. The van der Waals surface area contributed by atoms with Crippen LogP contribution in [0.2, 0.25) is 0 Å². The van der Waals surface area contributed by atoms with Crippen molar-refractivity contribution in [2.24, 2.45) is 34.3 Å². The largest absolute Gasteiger partial charge is 0.514 e. The summed E-state index contributed by atoms with van der Waals surface area (Å²) in [6, 6.07) is 5.15. The Labute approximate surface area is 300 Å². The van der Waals surface area contributed by atoms with Gasteiger partial charge in [-0.2, -0.15) is 0 Å². The summed E-state index contributed by atoms with van der Waals surface area (Å²) >= 11 is 7.45. The van der Waals surface area contributed by atoms with Crippen LogP contribution in [0, 0.1) is 38.7 Å². The van der Waals surface area contributed by atoms with Crippen LogP contribution in [0.3, 0.4) is 0 Å². The summed E-state index contributed by atoms with van der Waals surface area (Å²) < 4.78 is 15.5. The molecule has 0 radical (unpaired) electrons. The smallest absolute Gasteiger partial charge is 0.465 e. The Hall–Kier alpha value is -3.85. The van der Waals surface area contributed by atoms with Gasteiger partial charge in [0.15, 0.2) is 12.4 Å². The minimum absolute atomic E-state index is 0.0362. The minimum atomic E-state index is -1.92. The quantitative estimate of drug-likeness (QED) is 0.0658. The maximum atomic E-state index is 13.8. The van der Waals surface area contributed by atoms with Crippen LogP contribution in [0.15, 0.2) is 48.1 Å². The molecule has 1 aromatic carbocycles. The average Bonchev–Trinajstić information content (AvgIpc) is 3.28. The molecule has 0 spiro atoms. The Morgan fingerprint density at radius 1 is 1.12 bits per heavy atom. The van der Waals surface area contributed by atoms with Crippen LogP contribution in [0.25, 0.3) is 0 Å². The molecule has 0 heterocycles. The monoisotopic (exact) mass is 732 g/mol. The van der Waals surface area contributed by atoms with Crippen molar-refractivity contribution in [1.29, 1.82) is 0 Å². The van der Waals surface area contributed by atoms with E-state index in [2.05, 4.69) is 4.84 Å². The molecule has 14 nitrogen and oxygen atoms in total. The van der Waals surface area contributed by atoms with Gasteiger partial charge in [0.1, 0.15) is 17.4 Å².